The Bertz CT molecular complexity index is 488. The van der Waals surface area contributed by atoms with Crippen molar-refractivity contribution in [2.45, 2.75) is 48.5 Å². The van der Waals surface area contributed by atoms with Crippen molar-refractivity contribution in [1.29, 1.82) is 0 Å². The molecule has 1 aromatic carbocycles. The molecule has 2 aliphatic heterocycles. The first kappa shape index (κ1) is 14.2. The monoisotopic (exact) mass is 293 g/mol. The third-order valence-electron chi connectivity index (χ3n) is 4.64. The molecule has 2 aliphatic rings. The lowest BCUT2D eigenvalue weighted by atomic mass is 9.99. The number of rotatable bonds is 3. The second kappa shape index (κ2) is 5.96. The van der Waals surface area contributed by atoms with Crippen LogP contribution in [0.15, 0.2) is 29.2 Å². The zero-order valence-electron chi connectivity index (χ0n) is 12.2. The van der Waals surface area contributed by atoms with Gasteiger partial charge in [-0.2, -0.15) is 0 Å². The van der Waals surface area contributed by atoms with Crippen LogP contribution in [0.25, 0.3) is 0 Å². The van der Waals surface area contributed by atoms with Crippen LogP contribution in [0, 0.1) is 6.92 Å². The molecule has 110 valence electrons. The molecule has 3 rings (SSSR count). The van der Waals surface area contributed by atoms with Crippen molar-refractivity contribution in [2.24, 2.45) is 0 Å². The topological polar surface area (TPSA) is 29.5 Å². The molecule has 2 fully saturated rings. The van der Waals surface area contributed by atoms with Gasteiger partial charge in [-0.05, 0) is 44.9 Å². The van der Waals surface area contributed by atoms with E-state index in [1.165, 1.54) is 18.4 Å². The molecule has 0 bridgehead atoms. The van der Waals surface area contributed by atoms with Crippen LogP contribution in [-0.4, -0.2) is 46.7 Å². The fraction of sp³-hybridized carbons (Fsp3) is 0.625. The number of piperidine rings is 1. The Labute approximate surface area is 123 Å². The zero-order valence-corrected chi connectivity index (χ0v) is 13.1. The minimum Gasteiger partial charge on any atom is -0.380 e. The van der Waals surface area contributed by atoms with Crippen LogP contribution in [0.4, 0.5) is 0 Å². The first-order chi connectivity index (χ1) is 9.69. The second-order valence-corrected chi connectivity index (χ2v) is 7.68. The number of hydrogen-bond acceptors (Lipinski definition) is 3. The van der Waals surface area contributed by atoms with Gasteiger partial charge in [-0.15, -0.1) is 0 Å². The van der Waals surface area contributed by atoms with Gasteiger partial charge in [0.05, 0.1) is 22.2 Å². The van der Waals surface area contributed by atoms with E-state index in [4.69, 9.17) is 4.74 Å². The van der Waals surface area contributed by atoms with Crippen molar-refractivity contribution in [3.05, 3.63) is 29.8 Å². The van der Waals surface area contributed by atoms with Gasteiger partial charge >= 0.3 is 0 Å². The van der Waals surface area contributed by atoms with Gasteiger partial charge < -0.3 is 4.74 Å². The standard InChI is InChI=1S/C16H23NO2S/c1-12-5-7-13(8-6-12)20(18)14-10-16(19-2)15-4-3-9-17(15)11-14/h5-8,14-16H,3-4,9-11H2,1-2H3/t14-,15+,16-,20+/m1/s1. The molecule has 20 heavy (non-hydrogen) atoms. The number of benzene rings is 1. The molecular weight excluding hydrogens is 270 g/mol. The lowest BCUT2D eigenvalue weighted by Gasteiger charge is -2.39. The highest BCUT2D eigenvalue weighted by Gasteiger charge is 2.40. The van der Waals surface area contributed by atoms with Crippen LogP contribution < -0.4 is 0 Å². The quantitative estimate of drug-likeness (QED) is 0.857. The molecule has 0 aromatic heterocycles. The number of aryl methyl sites for hydroxylation is 1. The minimum atomic E-state index is -0.932. The van der Waals surface area contributed by atoms with Crippen LogP contribution in [0.3, 0.4) is 0 Å². The Morgan fingerprint density at radius 2 is 2.05 bits per heavy atom. The largest absolute Gasteiger partial charge is 0.380 e. The van der Waals surface area contributed by atoms with Crippen LogP contribution >= 0.6 is 0 Å². The summed E-state index contributed by atoms with van der Waals surface area (Å²) < 4.78 is 18.5. The van der Waals surface area contributed by atoms with Gasteiger partial charge in [0.15, 0.2) is 0 Å². The summed E-state index contributed by atoms with van der Waals surface area (Å²) >= 11 is 0. The van der Waals surface area contributed by atoms with Gasteiger partial charge in [-0.25, -0.2) is 0 Å². The van der Waals surface area contributed by atoms with E-state index in [0.717, 1.165) is 24.4 Å². The maximum atomic E-state index is 12.8. The fourth-order valence-electron chi connectivity index (χ4n) is 3.53. The van der Waals surface area contributed by atoms with Crippen LogP contribution in [0.5, 0.6) is 0 Å². The fourth-order valence-corrected chi connectivity index (χ4v) is 5.01. The van der Waals surface area contributed by atoms with E-state index in [0.29, 0.717) is 6.04 Å². The molecule has 2 saturated heterocycles. The Hall–Kier alpha value is -0.710. The summed E-state index contributed by atoms with van der Waals surface area (Å²) in [4.78, 5) is 3.43. The van der Waals surface area contributed by atoms with Gasteiger partial charge in [-0.1, -0.05) is 17.7 Å². The Morgan fingerprint density at radius 1 is 1.30 bits per heavy atom. The molecule has 0 radical (unpaired) electrons. The molecule has 0 unspecified atom stereocenters. The normalized spacial score (nSPS) is 32.0. The summed E-state index contributed by atoms with van der Waals surface area (Å²) in [7, 11) is 0.858. The van der Waals surface area contributed by atoms with E-state index < -0.39 is 10.8 Å². The molecule has 3 nitrogen and oxygen atoms in total. The van der Waals surface area contributed by atoms with Gasteiger partial charge in [0.2, 0.25) is 0 Å². The molecule has 4 atom stereocenters. The molecule has 2 heterocycles. The van der Waals surface area contributed by atoms with Crippen molar-refractivity contribution in [1.82, 2.24) is 4.90 Å². The van der Waals surface area contributed by atoms with E-state index in [-0.39, 0.29) is 11.4 Å². The SMILES string of the molecule is CO[C@@H]1C[C@@H]([S@@](=O)c2ccc(C)cc2)CN2CCC[C@@H]12. The number of nitrogens with zero attached hydrogens (tertiary/aromatic N) is 1. The average Bonchev–Trinajstić information content (AvgIpc) is 2.94. The van der Waals surface area contributed by atoms with E-state index in [9.17, 15) is 4.21 Å². The van der Waals surface area contributed by atoms with Crippen LogP contribution in [-0.2, 0) is 15.5 Å². The van der Waals surface area contributed by atoms with Crippen molar-refractivity contribution in [3.63, 3.8) is 0 Å². The highest BCUT2D eigenvalue weighted by atomic mass is 32.2. The Morgan fingerprint density at radius 3 is 2.75 bits per heavy atom. The predicted molar refractivity (Wildman–Crippen MR) is 81.4 cm³/mol. The number of fused-ring (bicyclic) bond motifs is 1. The average molecular weight is 293 g/mol. The van der Waals surface area contributed by atoms with Crippen molar-refractivity contribution in [3.8, 4) is 0 Å². The van der Waals surface area contributed by atoms with Crippen LogP contribution in [0.2, 0.25) is 0 Å². The molecule has 0 saturated carbocycles. The lowest BCUT2D eigenvalue weighted by Crippen LogP contribution is -2.51. The highest BCUT2D eigenvalue weighted by Crippen LogP contribution is 2.32. The Kier molecular flexibility index (Phi) is 4.24. The van der Waals surface area contributed by atoms with Gasteiger partial charge in [0, 0.05) is 24.6 Å². The van der Waals surface area contributed by atoms with Crippen molar-refractivity contribution >= 4 is 10.8 Å². The molecule has 1 aromatic rings. The molecule has 4 heteroatoms. The smallest absolute Gasteiger partial charge is 0.0738 e. The summed E-state index contributed by atoms with van der Waals surface area (Å²) in [6.07, 6.45) is 3.63. The maximum Gasteiger partial charge on any atom is 0.0738 e. The molecule has 0 amide bonds. The molecule has 0 aliphatic carbocycles. The third-order valence-corrected chi connectivity index (χ3v) is 6.32. The van der Waals surface area contributed by atoms with Crippen LogP contribution in [0.1, 0.15) is 24.8 Å². The molecule has 0 spiro atoms. The summed E-state index contributed by atoms with van der Waals surface area (Å²) in [5.74, 6) is 0. The number of hydrogen-bond donors (Lipinski definition) is 0. The first-order valence-corrected chi connectivity index (χ1v) is 8.64. The summed E-state index contributed by atoms with van der Waals surface area (Å²) in [5.41, 5.74) is 1.21. The third kappa shape index (κ3) is 2.69. The lowest BCUT2D eigenvalue weighted by molar-refractivity contribution is 0.00184. The van der Waals surface area contributed by atoms with E-state index in [1.54, 1.807) is 7.11 Å². The van der Waals surface area contributed by atoms with E-state index in [2.05, 4.69) is 11.8 Å². The number of methoxy groups -OCH3 is 1. The van der Waals surface area contributed by atoms with E-state index >= 15 is 0 Å². The van der Waals surface area contributed by atoms with Gasteiger partial charge in [-0.3, -0.25) is 9.11 Å². The van der Waals surface area contributed by atoms with Gasteiger partial charge in [0.1, 0.15) is 0 Å². The molecule has 0 N–H and O–H groups in total. The zero-order chi connectivity index (χ0) is 14.1. The van der Waals surface area contributed by atoms with E-state index in [1.807, 2.05) is 24.3 Å². The Balaban J connectivity index is 1.76. The van der Waals surface area contributed by atoms with Gasteiger partial charge in [0.25, 0.3) is 0 Å². The highest BCUT2D eigenvalue weighted by molar-refractivity contribution is 7.85. The summed E-state index contributed by atoms with van der Waals surface area (Å²) in [5, 5.41) is 0.192. The predicted octanol–water partition coefficient (Wildman–Crippen LogP) is 2.35. The summed E-state index contributed by atoms with van der Waals surface area (Å²) in [6, 6.07) is 8.64. The minimum absolute atomic E-state index is 0.192. The molecular formula is C16H23NO2S. The first-order valence-electron chi connectivity index (χ1n) is 7.43. The number of ether oxygens (including phenoxy) is 1. The van der Waals surface area contributed by atoms with Crippen molar-refractivity contribution < 1.29 is 8.95 Å². The van der Waals surface area contributed by atoms with Crippen molar-refractivity contribution in [2.75, 3.05) is 20.2 Å². The summed E-state index contributed by atoms with van der Waals surface area (Å²) in [6.45, 7) is 4.14. The maximum absolute atomic E-state index is 12.8. The second-order valence-electron chi connectivity index (χ2n) is 5.95.